The van der Waals surface area contributed by atoms with Gasteiger partial charge in [0, 0.05) is 40.8 Å². The van der Waals surface area contributed by atoms with Crippen LogP contribution in [-0.4, -0.2) is 36.8 Å². The molecule has 0 saturated heterocycles. The second-order valence-corrected chi connectivity index (χ2v) is 9.13. The van der Waals surface area contributed by atoms with Crippen LogP contribution in [0, 0.1) is 0 Å². The molecule has 0 bridgehead atoms. The van der Waals surface area contributed by atoms with Crippen molar-refractivity contribution in [3.05, 3.63) is 70.9 Å². The summed E-state index contributed by atoms with van der Waals surface area (Å²) in [5.74, 6) is 1.39. The lowest BCUT2D eigenvalue weighted by molar-refractivity contribution is -0.130. The molecule has 178 valence electrons. The van der Waals surface area contributed by atoms with Crippen molar-refractivity contribution in [1.82, 2.24) is 4.98 Å². The molecule has 0 radical (unpaired) electrons. The van der Waals surface area contributed by atoms with Gasteiger partial charge >= 0.3 is 5.97 Å². The van der Waals surface area contributed by atoms with Crippen LogP contribution in [0.4, 0.5) is 5.69 Å². The first-order chi connectivity index (χ1) is 17.1. The quantitative estimate of drug-likeness (QED) is 0.304. The first-order valence-corrected chi connectivity index (χ1v) is 12.0. The molecule has 0 unspecified atom stereocenters. The van der Waals surface area contributed by atoms with Crippen molar-refractivity contribution in [2.75, 3.05) is 26.1 Å². The minimum atomic E-state index is -1.03. The van der Waals surface area contributed by atoms with Gasteiger partial charge in [0.05, 0.1) is 24.7 Å². The zero-order valence-electron chi connectivity index (χ0n) is 19.3. The molecule has 8 heteroatoms. The molecule has 5 rings (SSSR count). The highest BCUT2D eigenvalue weighted by Crippen LogP contribution is 2.46. The third-order valence-electron chi connectivity index (χ3n) is 5.91. The number of aliphatic carboxylic acids is 1. The Labute approximate surface area is 206 Å². The van der Waals surface area contributed by atoms with Crippen molar-refractivity contribution in [2.24, 2.45) is 0 Å². The lowest BCUT2D eigenvalue weighted by Gasteiger charge is -2.19. The van der Waals surface area contributed by atoms with E-state index < -0.39 is 5.97 Å². The summed E-state index contributed by atoms with van der Waals surface area (Å²) in [5.41, 5.74) is 3.03. The van der Waals surface area contributed by atoms with Gasteiger partial charge in [-0.1, -0.05) is 0 Å². The molecule has 3 heterocycles. The SMILES string of the molecule is COc1cc2sc(C=C(C(=O)O)c3ccncc3)c(Oc3ccc4c(c3)CCCN4)c2cc1OC. The van der Waals surface area contributed by atoms with Gasteiger partial charge in [0.25, 0.3) is 0 Å². The second-order valence-electron chi connectivity index (χ2n) is 8.05. The van der Waals surface area contributed by atoms with Crippen molar-refractivity contribution in [3.63, 3.8) is 0 Å². The average Bonchev–Trinajstić information content (AvgIpc) is 3.22. The molecule has 35 heavy (non-hydrogen) atoms. The van der Waals surface area contributed by atoms with Gasteiger partial charge in [-0.05, 0) is 66.4 Å². The summed E-state index contributed by atoms with van der Waals surface area (Å²) in [6.45, 7) is 0.964. The zero-order valence-corrected chi connectivity index (χ0v) is 20.1. The molecule has 0 fully saturated rings. The number of anilines is 1. The maximum absolute atomic E-state index is 12.2. The number of carbonyl (C=O) groups is 1. The van der Waals surface area contributed by atoms with E-state index in [9.17, 15) is 9.90 Å². The van der Waals surface area contributed by atoms with E-state index in [0.29, 0.717) is 33.4 Å². The van der Waals surface area contributed by atoms with Gasteiger partial charge < -0.3 is 24.6 Å². The van der Waals surface area contributed by atoms with Crippen LogP contribution in [-0.2, 0) is 11.2 Å². The van der Waals surface area contributed by atoms with Gasteiger partial charge in [0.15, 0.2) is 17.2 Å². The molecule has 2 aromatic heterocycles. The normalized spacial score (nSPS) is 13.1. The molecule has 2 N–H and O–H groups in total. The number of benzene rings is 2. The first-order valence-electron chi connectivity index (χ1n) is 11.2. The Kier molecular flexibility index (Phi) is 6.29. The number of carboxylic acids is 1. The number of hydrogen-bond donors (Lipinski definition) is 2. The summed E-state index contributed by atoms with van der Waals surface area (Å²) < 4.78 is 18.3. The maximum Gasteiger partial charge on any atom is 0.336 e. The Balaban J connectivity index is 1.68. The Hall–Kier alpha value is -4.04. The number of hydrogen-bond acceptors (Lipinski definition) is 7. The smallest absolute Gasteiger partial charge is 0.336 e. The van der Waals surface area contributed by atoms with Crippen LogP contribution in [0.5, 0.6) is 23.0 Å². The Morgan fingerprint density at radius 1 is 1.09 bits per heavy atom. The number of ether oxygens (including phenoxy) is 3. The topological polar surface area (TPSA) is 89.9 Å². The molecule has 1 aliphatic rings. The van der Waals surface area contributed by atoms with Gasteiger partial charge in [-0.25, -0.2) is 4.79 Å². The fourth-order valence-electron chi connectivity index (χ4n) is 4.18. The van der Waals surface area contributed by atoms with Crippen molar-refractivity contribution >= 4 is 44.7 Å². The number of aryl methyl sites for hydroxylation is 1. The lowest BCUT2D eigenvalue weighted by atomic mass is 10.0. The monoisotopic (exact) mass is 488 g/mol. The third kappa shape index (κ3) is 4.52. The largest absolute Gasteiger partial charge is 0.493 e. The second kappa shape index (κ2) is 9.68. The van der Waals surface area contributed by atoms with Gasteiger partial charge in [-0.3, -0.25) is 4.98 Å². The summed E-state index contributed by atoms with van der Waals surface area (Å²) in [4.78, 5) is 16.9. The summed E-state index contributed by atoms with van der Waals surface area (Å²) in [6.07, 6.45) is 6.84. The number of nitrogens with one attached hydrogen (secondary N) is 1. The summed E-state index contributed by atoms with van der Waals surface area (Å²) in [5, 5.41) is 14.2. The van der Waals surface area contributed by atoms with E-state index in [0.717, 1.165) is 35.2 Å². The average molecular weight is 489 g/mol. The van der Waals surface area contributed by atoms with E-state index in [1.165, 1.54) is 16.9 Å². The fourth-order valence-corrected chi connectivity index (χ4v) is 5.27. The molecule has 1 aliphatic heterocycles. The fraction of sp³-hybridized carbons (Fsp3) is 0.185. The minimum Gasteiger partial charge on any atom is -0.493 e. The van der Waals surface area contributed by atoms with Crippen LogP contribution in [0.1, 0.15) is 22.4 Å². The molecule has 0 aliphatic carbocycles. The lowest BCUT2D eigenvalue weighted by Crippen LogP contribution is -2.11. The van der Waals surface area contributed by atoms with Crippen LogP contribution >= 0.6 is 11.3 Å². The van der Waals surface area contributed by atoms with E-state index in [1.54, 1.807) is 44.8 Å². The molecule has 2 aromatic carbocycles. The standard InChI is InChI=1S/C27H24N2O5S/c1-32-22-13-20-24(15-23(22)33-2)35-25(14-19(27(30)31)16-7-10-28-11-8-16)26(20)34-18-5-6-21-17(12-18)4-3-9-29-21/h5-8,10-15,29H,3-4,9H2,1-2H3,(H,30,31). The number of pyridine rings is 1. The molecular formula is C27H24N2O5S. The first kappa shape index (κ1) is 22.7. The van der Waals surface area contributed by atoms with Crippen molar-refractivity contribution < 1.29 is 24.1 Å². The van der Waals surface area contributed by atoms with E-state index in [2.05, 4.69) is 10.3 Å². The van der Waals surface area contributed by atoms with Crippen LogP contribution in [0.2, 0.25) is 0 Å². The zero-order chi connectivity index (χ0) is 24.4. The third-order valence-corrected chi connectivity index (χ3v) is 6.99. The van der Waals surface area contributed by atoms with E-state index >= 15 is 0 Å². The highest BCUT2D eigenvalue weighted by molar-refractivity contribution is 7.20. The van der Waals surface area contributed by atoms with Gasteiger partial charge in [-0.2, -0.15) is 0 Å². The van der Waals surface area contributed by atoms with E-state index in [4.69, 9.17) is 14.2 Å². The Bertz CT molecular complexity index is 1430. The molecular weight excluding hydrogens is 464 g/mol. The van der Waals surface area contributed by atoms with E-state index in [1.807, 2.05) is 30.3 Å². The van der Waals surface area contributed by atoms with Crippen LogP contribution < -0.4 is 19.5 Å². The number of nitrogens with zero attached hydrogens (tertiary/aromatic N) is 1. The van der Waals surface area contributed by atoms with E-state index in [-0.39, 0.29) is 5.57 Å². The minimum absolute atomic E-state index is 0.150. The highest BCUT2D eigenvalue weighted by atomic mass is 32.1. The number of aromatic nitrogens is 1. The number of fused-ring (bicyclic) bond motifs is 2. The maximum atomic E-state index is 12.2. The van der Waals surface area contributed by atoms with Crippen molar-refractivity contribution in [1.29, 1.82) is 0 Å². The number of rotatable bonds is 7. The molecule has 0 amide bonds. The van der Waals surface area contributed by atoms with Crippen LogP contribution in [0.3, 0.4) is 0 Å². The molecule has 4 aromatic rings. The molecule has 7 nitrogen and oxygen atoms in total. The Morgan fingerprint density at radius 3 is 2.60 bits per heavy atom. The van der Waals surface area contributed by atoms with Crippen molar-refractivity contribution in [3.8, 4) is 23.0 Å². The Morgan fingerprint density at radius 2 is 1.86 bits per heavy atom. The number of methoxy groups -OCH3 is 2. The van der Waals surface area contributed by atoms with Gasteiger partial charge in [-0.15, -0.1) is 11.3 Å². The molecule has 0 atom stereocenters. The highest BCUT2D eigenvalue weighted by Gasteiger charge is 2.20. The van der Waals surface area contributed by atoms with Crippen LogP contribution in [0.25, 0.3) is 21.7 Å². The summed E-state index contributed by atoms with van der Waals surface area (Å²) in [7, 11) is 3.17. The van der Waals surface area contributed by atoms with Crippen molar-refractivity contribution in [2.45, 2.75) is 12.8 Å². The summed E-state index contributed by atoms with van der Waals surface area (Å²) >= 11 is 1.43. The number of thiophene rings is 1. The summed E-state index contributed by atoms with van der Waals surface area (Å²) in [6, 6.07) is 13.1. The van der Waals surface area contributed by atoms with Gasteiger partial charge in [0.2, 0.25) is 0 Å². The molecule has 0 spiro atoms. The van der Waals surface area contributed by atoms with Crippen LogP contribution in [0.15, 0.2) is 54.9 Å². The predicted octanol–water partition coefficient (Wildman–Crippen LogP) is 6.09. The van der Waals surface area contributed by atoms with Gasteiger partial charge in [0.1, 0.15) is 5.75 Å². The number of carboxylic acid groups (broad SMARTS) is 1. The molecule has 0 saturated carbocycles. The predicted molar refractivity (Wildman–Crippen MR) is 138 cm³/mol.